The molecule has 0 saturated heterocycles. The average molecular weight is 438 g/mol. The molecule has 0 radical (unpaired) electrons. The van der Waals surface area contributed by atoms with E-state index in [0.29, 0.717) is 27.1 Å². The van der Waals surface area contributed by atoms with E-state index in [1.807, 2.05) is 6.07 Å². The molecule has 28 heavy (non-hydrogen) atoms. The number of hydrogen-bond donors (Lipinski definition) is 0. The first-order chi connectivity index (χ1) is 13.5. The van der Waals surface area contributed by atoms with Crippen molar-refractivity contribution in [3.05, 3.63) is 93.2 Å². The maximum Gasteiger partial charge on any atom is 0.344 e. The third-order valence-electron chi connectivity index (χ3n) is 4.10. The first-order valence-electron chi connectivity index (χ1n) is 8.21. The Balaban J connectivity index is 1.56. The second-order valence-corrected chi connectivity index (χ2v) is 6.78. The van der Waals surface area contributed by atoms with E-state index in [1.165, 1.54) is 12.3 Å². The van der Waals surface area contributed by atoms with Crippen molar-refractivity contribution >= 4 is 33.2 Å². The molecular formula is C20H12BrN3O4. The molecule has 0 amide bonds. The van der Waals surface area contributed by atoms with Crippen LogP contribution in [0.25, 0.3) is 16.9 Å². The maximum absolute atomic E-state index is 12.3. The van der Waals surface area contributed by atoms with Crippen LogP contribution in [0.3, 0.4) is 0 Å². The van der Waals surface area contributed by atoms with Crippen LogP contribution in [0.4, 0.5) is 5.69 Å². The zero-order valence-electron chi connectivity index (χ0n) is 14.3. The topological polar surface area (TPSA) is 86.7 Å². The van der Waals surface area contributed by atoms with Crippen LogP contribution in [-0.2, 0) is 0 Å². The SMILES string of the molecule is O=C(Oc1ccc(-c2cn3cc([N+](=O)[O-])ccc3n2)cc1)c1ccccc1Br. The van der Waals surface area contributed by atoms with Crippen molar-refractivity contribution in [2.75, 3.05) is 0 Å². The number of nitro groups is 1. The second kappa shape index (κ2) is 7.24. The second-order valence-electron chi connectivity index (χ2n) is 5.93. The summed E-state index contributed by atoms with van der Waals surface area (Å²) in [4.78, 5) is 27.2. The van der Waals surface area contributed by atoms with Crippen LogP contribution in [-0.4, -0.2) is 20.3 Å². The van der Waals surface area contributed by atoms with Crippen LogP contribution in [0.15, 0.2) is 77.5 Å². The maximum atomic E-state index is 12.3. The number of halogens is 1. The highest BCUT2D eigenvalue weighted by Crippen LogP contribution is 2.25. The van der Waals surface area contributed by atoms with Gasteiger partial charge in [0.25, 0.3) is 5.69 Å². The van der Waals surface area contributed by atoms with E-state index in [0.717, 1.165) is 5.56 Å². The van der Waals surface area contributed by atoms with Crippen LogP contribution in [0, 0.1) is 10.1 Å². The number of nitrogens with zero attached hydrogens (tertiary/aromatic N) is 3. The molecule has 8 heteroatoms. The summed E-state index contributed by atoms with van der Waals surface area (Å²) in [6.07, 6.45) is 3.13. The van der Waals surface area contributed by atoms with Gasteiger partial charge in [-0.25, -0.2) is 9.78 Å². The minimum absolute atomic E-state index is 0.00853. The number of benzene rings is 2. The zero-order chi connectivity index (χ0) is 19.7. The molecule has 4 rings (SSSR count). The van der Waals surface area contributed by atoms with Crippen molar-refractivity contribution in [1.82, 2.24) is 9.38 Å². The van der Waals surface area contributed by atoms with Crippen molar-refractivity contribution in [3.63, 3.8) is 0 Å². The highest BCUT2D eigenvalue weighted by molar-refractivity contribution is 9.10. The molecule has 0 aliphatic rings. The number of imidazole rings is 1. The summed E-state index contributed by atoms with van der Waals surface area (Å²) in [5, 5.41) is 10.9. The third kappa shape index (κ3) is 3.49. The largest absolute Gasteiger partial charge is 0.423 e. The molecule has 0 unspecified atom stereocenters. The highest BCUT2D eigenvalue weighted by Gasteiger charge is 2.13. The number of hydrogen-bond acceptors (Lipinski definition) is 5. The Kier molecular flexibility index (Phi) is 4.62. The molecule has 4 aromatic rings. The predicted octanol–water partition coefficient (Wildman–Crippen LogP) is 4.89. The number of carbonyl (C=O) groups is 1. The van der Waals surface area contributed by atoms with Crippen molar-refractivity contribution < 1.29 is 14.5 Å². The molecule has 7 nitrogen and oxygen atoms in total. The van der Waals surface area contributed by atoms with E-state index in [4.69, 9.17) is 4.74 Å². The summed E-state index contributed by atoms with van der Waals surface area (Å²) in [7, 11) is 0. The van der Waals surface area contributed by atoms with Gasteiger partial charge in [-0.1, -0.05) is 12.1 Å². The van der Waals surface area contributed by atoms with Gasteiger partial charge < -0.3 is 4.74 Å². The molecule has 0 bridgehead atoms. The van der Waals surface area contributed by atoms with Crippen molar-refractivity contribution in [2.24, 2.45) is 0 Å². The number of fused-ring (bicyclic) bond motifs is 1. The van der Waals surface area contributed by atoms with E-state index >= 15 is 0 Å². The number of aromatic nitrogens is 2. The highest BCUT2D eigenvalue weighted by atomic mass is 79.9. The minimum atomic E-state index is -0.458. The number of esters is 1. The summed E-state index contributed by atoms with van der Waals surface area (Å²) in [5.41, 5.74) is 2.49. The fourth-order valence-electron chi connectivity index (χ4n) is 2.71. The van der Waals surface area contributed by atoms with Crippen molar-refractivity contribution in [3.8, 4) is 17.0 Å². The van der Waals surface area contributed by atoms with Gasteiger partial charge in [0, 0.05) is 22.3 Å². The number of rotatable bonds is 4. The Bertz CT molecular complexity index is 1200. The van der Waals surface area contributed by atoms with Gasteiger partial charge in [-0.15, -0.1) is 0 Å². The first-order valence-corrected chi connectivity index (χ1v) is 9.01. The van der Waals surface area contributed by atoms with E-state index < -0.39 is 10.9 Å². The Labute approximate surface area is 167 Å². The Hall–Kier alpha value is -3.52. The number of pyridine rings is 1. The molecule has 0 aliphatic carbocycles. The Morgan fingerprint density at radius 3 is 2.50 bits per heavy atom. The quantitative estimate of drug-likeness (QED) is 0.196. The minimum Gasteiger partial charge on any atom is -0.423 e. The lowest BCUT2D eigenvalue weighted by molar-refractivity contribution is -0.385. The van der Waals surface area contributed by atoms with Crippen LogP contribution in [0.2, 0.25) is 0 Å². The van der Waals surface area contributed by atoms with Gasteiger partial charge in [-0.05, 0) is 58.4 Å². The summed E-state index contributed by atoms with van der Waals surface area (Å²) in [5.74, 6) is -0.0517. The van der Waals surface area contributed by atoms with Crippen LogP contribution < -0.4 is 4.74 Å². The summed E-state index contributed by atoms with van der Waals surface area (Å²) in [6, 6.07) is 16.9. The molecule has 0 fully saturated rings. The van der Waals surface area contributed by atoms with Crippen LogP contribution in [0.1, 0.15) is 10.4 Å². The van der Waals surface area contributed by atoms with E-state index in [1.54, 1.807) is 59.1 Å². The van der Waals surface area contributed by atoms with Gasteiger partial charge in [0.05, 0.1) is 22.4 Å². The molecule has 0 saturated carbocycles. The zero-order valence-corrected chi connectivity index (χ0v) is 15.9. The number of ether oxygens (including phenoxy) is 1. The molecule has 0 spiro atoms. The van der Waals surface area contributed by atoms with Gasteiger partial charge in [-0.3, -0.25) is 14.5 Å². The molecule has 0 atom stereocenters. The molecule has 138 valence electrons. The Morgan fingerprint density at radius 2 is 1.79 bits per heavy atom. The van der Waals surface area contributed by atoms with Gasteiger partial charge in [0.15, 0.2) is 0 Å². The first kappa shape index (κ1) is 17.9. The number of carbonyl (C=O) groups excluding carboxylic acids is 1. The van der Waals surface area contributed by atoms with E-state index in [2.05, 4.69) is 20.9 Å². The summed E-state index contributed by atoms with van der Waals surface area (Å²) >= 11 is 3.33. The molecule has 0 aliphatic heterocycles. The fourth-order valence-corrected chi connectivity index (χ4v) is 3.16. The van der Waals surface area contributed by atoms with Crippen LogP contribution >= 0.6 is 15.9 Å². The standard InChI is InChI=1S/C20H12BrN3O4/c21-17-4-2-1-3-16(17)20(25)28-15-8-5-13(6-9-15)18-12-23-11-14(24(26)27)7-10-19(23)22-18/h1-12H. The molecule has 2 aromatic heterocycles. The van der Waals surface area contributed by atoms with Crippen LogP contribution in [0.5, 0.6) is 5.75 Å². The lowest BCUT2D eigenvalue weighted by Gasteiger charge is -2.06. The molecule has 0 N–H and O–H groups in total. The van der Waals surface area contributed by atoms with Crippen molar-refractivity contribution in [1.29, 1.82) is 0 Å². The molecule has 2 heterocycles. The molecular weight excluding hydrogens is 426 g/mol. The lowest BCUT2D eigenvalue weighted by Crippen LogP contribution is -2.09. The normalized spacial score (nSPS) is 10.8. The molecule has 2 aromatic carbocycles. The summed E-state index contributed by atoms with van der Waals surface area (Å²) in [6.45, 7) is 0. The van der Waals surface area contributed by atoms with E-state index in [-0.39, 0.29) is 5.69 Å². The fraction of sp³-hybridized carbons (Fsp3) is 0. The lowest BCUT2D eigenvalue weighted by atomic mass is 10.1. The smallest absolute Gasteiger partial charge is 0.344 e. The Morgan fingerprint density at radius 1 is 1.04 bits per heavy atom. The third-order valence-corrected chi connectivity index (χ3v) is 4.79. The van der Waals surface area contributed by atoms with Gasteiger partial charge in [-0.2, -0.15) is 0 Å². The monoisotopic (exact) mass is 437 g/mol. The van der Waals surface area contributed by atoms with Gasteiger partial charge >= 0.3 is 5.97 Å². The predicted molar refractivity (Wildman–Crippen MR) is 106 cm³/mol. The van der Waals surface area contributed by atoms with Crippen molar-refractivity contribution in [2.45, 2.75) is 0 Å². The van der Waals surface area contributed by atoms with E-state index in [9.17, 15) is 14.9 Å². The van der Waals surface area contributed by atoms with Gasteiger partial charge in [0.2, 0.25) is 0 Å². The summed E-state index contributed by atoms with van der Waals surface area (Å²) < 4.78 is 7.67. The van der Waals surface area contributed by atoms with Gasteiger partial charge in [0.1, 0.15) is 11.4 Å². The average Bonchev–Trinajstić information content (AvgIpc) is 3.12.